The topological polar surface area (TPSA) is 84.7 Å². The third kappa shape index (κ3) is 4.42. The second-order valence-corrected chi connectivity index (χ2v) is 6.38. The zero-order chi connectivity index (χ0) is 20.1. The molecular formula is C19H19F2N3O4. The Bertz CT molecular complexity index is 850. The summed E-state index contributed by atoms with van der Waals surface area (Å²) in [6.45, 7) is 0.359. The molecular weight excluding hydrogens is 372 g/mol. The summed E-state index contributed by atoms with van der Waals surface area (Å²) in [5.74, 6) is -0.824. The van der Waals surface area contributed by atoms with Crippen molar-refractivity contribution in [1.82, 2.24) is 5.32 Å². The Morgan fingerprint density at radius 2 is 2.04 bits per heavy atom. The van der Waals surface area contributed by atoms with Crippen molar-refractivity contribution in [2.75, 3.05) is 18.0 Å². The Balaban J connectivity index is 1.93. The Labute approximate surface area is 160 Å². The minimum atomic E-state index is -1.46. The highest BCUT2D eigenvalue weighted by Gasteiger charge is 2.38. The van der Waals surface area contributed by atoms with Crippen molar-refractivity contribution < 1.29 is 23.2 Å². The number of benzene rings is 2. The van der Waals surface area contributed by atoms with Gasteiger partial charge in [0.2, 0.25) is 0 Å². The number of amides is 1. The van der Waals surface area contributed by atoms with E-state index >= 15 is 0 Å². The highest BCUT2D eigenvalue weighted by molar-refractivity contribution is 5.91. The molecule has 0 unspecified atom stereocenters. The molecule has 1 N–H and O–H groups in total. The second-order valence-electron chi connectivity index (χ2n) is 6.38. The average molecular weight is 391 g/mol. The zero-order valence-corrected chi connectivity index (χ0v) is 14.9. The molecule has 2 aromatic carbocycles. The number of carbonyl (C=O) groups excluding carboxylic acids is 1. The monoisotopic (exact) mass is 391 g/mol. The third-order valence-corrected chi connectivity index (χ3v) is 4.50. The number of ether oxygens (including phenoxy) is 1. The van der Waals surface area contributed by atoms with Gasteiger partial charge in [0.25, 0.3) is 5.69 Å². The predicted octanol–water partition coefficient (Wildman–Crippen LogP) is 3.58. The molecule has 9 heteroatoms. The van der Waals surface area contributed by atoms with Crippen molar-refractivity contribution in [1.29, 1.82) is 0 Å². The van der Waals surface area contributed by atoms with Crippen LogP contribution in [0, 0.1) is 15.9 Å². The summed E-state index contributed by atoms with van der Waals surface area (Å²) in [6.07, 6.45) is -2.15. The molecule has 2 atom stereocenters. The first kappa shape index (κ1) is 19.7. The molecule has 1 aliphatic heterocycles. The maximum atomic E-state index is 14.6. The van der Waals surface area contributed by atoms with Crippen LogP contribution in [0.3, 0.4) is 0 Å². The van der Waals surface area contributed by atoms with Crippen LogP contribution in [0.25, 0.3) is 0 Å². The smallest absolute Gasteiger partial charge is 0.415 e. The van der Waals surface area contributed by atoms with Crippen LogP contribution < -0.4 is 10.2 Å². The quantitative estimate of drug-likeness (QED) is 0.622. The van der Waals surface area contributed by atoms with Gasteiger partial charge in [-0.25, -0.2) is 13.6 Å². The minimum Gasteiger partial charge on any atom is -0.444 e. The number of alkyl halides is 1. The van der Waals surface area contributed by atoms with Crippen LogP contribution >= 0.6 is 0 Å². The number of halogens is 2. The fourth-order valence-electron chi connectivity index (χ4n) is 3.15. The molecule has 28 heavy (non-hydrogen) atoms. The first-order valence-electron chi connectivity index (χ1n) is 8.76. The van der Waals surface area contributed by atoms with Gasteiger partial charge in [0.05, 0.1) is 17.0 Å². The van der Waals surface area contributed by atoms with E-state index < -0.39 is 34.7 Å². The van der Waals surface area contributed by atoms with Gasteiger partial charge in [0.15, 0.2) is 0 Å². The van der Waals surface area contributed by atoms with Gasteiger partial charge >= 0.3 is 6.09 Å². The summed E-state index contributed by atoms with van der Waals surface area (Å²) in [6, 6.07) is 10.7. The van der Waals surface area contributed by atoms with Crippen molar-refractivity contribution in [2.45, 2.75) is 25.2 Å². The number of nitrogens with zero attached hydrogens (tertiary/aromatic N) is 2. The summed E-state index contributed by atoms with van der Waals surface area (Å²) in [5.41, 5.74) is -0.104. The van der Waals surface area contributed by atoms with Gasteiger partial charge in [-0.05, 0) is 30.7 Å². The van der Waals surface area contributed by atoms with E-state index in [1.807, 2.05) is 6.07 Å². The lowest BCUT2D eigenvalue weighted by Crippen LogP contribution is -2.53. The number of anilines is 1. The van der Waals surface area contributed by atoms with Crippen molar-refractivity contribution in [2.24, 2.45) is 0 Å². The van der Waals surface area contributed by atoms with Crippen molar-refractivity contribution in [3.05, 3.63) is 70.0 Å². The highest BCUT2D eigenvalue weighted by atomic mass is 19.1. The second kappa shape index (κ2) is 8.75. The van der Waals surface area contributed by atoms with E-state index in [-0.39, 0.29) is 25.3 Å². The molecule has 148 valence electrons. The van der Waals surface area contributed by atoms with Crippen LogP contribution in [-0.2, 0) is 11.3 Å². The number of nitrogens with one attached hydrogen (secondary N) is 1. The first-order chi connectivity index (χ1) is 13.5. The fourth-order valence-corrected chi connectivity index (χ4v) is 3.15. The van der Waals surface area contributed by atoms with Crippen LogP contribution in [0.5, 0.6) is 0 Å². The molecule has 0 radical (unpaired) electrons. The summed E-state index contributed by atoms with van der Waals surface area (Å²) in [5, 5.41) is 14.3. The zero-order valence-electron chi connectivity index (χ0n) is 14.9. The van der Waals surface area contributed by atoms with E-state index in [0.29, 0.717) is 18.2 Å². The number of carbonyl (C=O) groups is 1. The summed E-state index contributed by atoms with van der Waals surface area (Å²) in [4.78, 5) is 24.4. The number of hydrogen-bond acceptors (Lipinski definition) is 5. The molecule has 1 amide bonds. The summed E-state index contributed by atoms with van der Waals surface area (Å²) < 4.78 is 33.4. The molecule has 2 aromatic rings. The number of nitro benzene ring substituents is 1. The van der Waals surface area contributed by atoms with Gasteiger partial charge < -0.3 is 10.1 Å². The van der Waals surface area contributed by atoms with E-state index in [9.17, 15) is 23.7 Å². The van der Waals surface area contributed by atoms with Crippen LogP contribution in [0.4, 0.5) is 25.0 Å². The van der Waals surface area contributed by atoms with E-state index in [0.717, 1.165) is 17.0 Å². The molecule has 0 aliphatic carbocycles. The van der Waals surface area contributed by atoms with E-state index in [1.54, 1.807) is 24.3 Å². The van der Waals surface area contributed by atoms with E-state index in [1.165, 1.54) is 0 Å². The molecule has 0 spiro atoms. The van der Waals surface area contributed by atoms with Gasteiger partial charge in [0, 0.05) is 6.54 Å². The Hall–Kier alpha value is -3.07. The molecule has 1 heterocycles. The largest absolute Gasteiger partial charge is 0.444 e. The molecule has 0 aromatic heterocycles. The van der Waals surface area contributed by atoms with Gasteiger partial charge in [-0.2, -0.15) is 0 Å². The highest BCUT2D eigenvalue weighted by Crippen LogP contribution is 2.33. The Morgan fingerprint density at radius 3 is 2.71 bits per heavy atom. The molecule has 0 saturated carbocycles. The van der Waals surface area contributed by atoms with Gasteiger partial charge in [-0.3, -0.25) is 15.0 Å². The van der Waals surface area contributed by atoms with Gasteiger partial charge in [-0.15, -0.1) is 0 Å². The van der Waals surface area contributed by atoms with Crippen LogP contribution in [0.1, 0.15) is 12.0 Å². The maximum absolute atomic E-state index is 14.6. The van der Waals surface area contributed by atoms with Crippen molar-refractivity contribution in [3.8, 4) is 0 Å². The van der Waals surface area contributed by atoms with Crippen LogP contribution in [0.2, 0.25) is 0 Å². The SMILES string of the molecule is O=C(OCc1ccccc1)N(c1ccc(F)cc1[N+](=O)[O-])[C@@H]1CCNC[C@@H]1F. The van der Waals surface area contributed by atoms with E-state index in [4.69, 9.17) is 4.74 Å². The molecule has 3 rings (SSSR count). The number of nitro groups is 1. The normalized spacial score (nSPS) is 19.1. The summed E-state index contributed by atoms with van der Waals surface area (Å²) in [7, 11) is 0. The van der Waals surface area contributed by atoms with Crippen LogP contribution in [0.15, 0.2) is 48.5 Å². The fraction of sp³-hybridized carbons (Fsp3) is 0.316. The third-order valence-electron chi connectivity index (χ3n) is 4.50. The van der Waals surface area contributed by atoms with Crippen LogP contribution in [-0.4, -0.2) is 36.3 Å². The Kier molecular flexibility index (Phi) is 6.15. The lowest BCUT2D eigenvalue weighted by Gasteiger charge is -2.35. The lowest BCUT2D eigenvalue weighted by molar-refractivity contribution is -0.384. The summed E-state index contributed by atoms with van der Waals surface area (Å²) >= 11 is 0. The Morgan fingerprint density at radius 1 is 1.29 bits per heavy atom. The lowest BCUT2D eigenvalue weighted by atomic mass is 10.0. The first-order valence-corrected chi connectivity index (χ1v) is 8.76. The van der Waals surface area contributed by atoms with E-state index in [2.05, 4.69) is 5.32 Å². The number of rotatable bonds is 5. The number of piperidine rings is 1. The van der Waals surface area contributed by atoms with Gasteiger partial charge in [0.1, 0.15) is 24.3 Å². The maximum Gasteiger partial charge on any atom is 0.415 e. The molecule has 1 aliphatic rings. The molecule has 1 fully saturated rings. The molecule has 1 saturated heterocycles. The molecule has 7 nitrogen and oxygen atoms in total. The standard InChI is InChI=1S/C19H19F2N3O4/c20-14-6-7-17(18(10-14)24(26)27)23(16-8-9-22-11-15(16)21)19(25)28-12-13-4-2-1-3-5-13/h1-7,10,15-16,22H,8-9,11-12H2/t15-,16+/m0/s1. The van der Waals surface area contributed by atoms with Gasteiger partial charge in [-0.1, -0.05) is 30.3 Å². The molecule has 0 bridgehead atoms. The predicted molar refractivity (Wildman–Crippen MR) is 98.3 cm³/mol. The number of hydrogen-bond donors (Lipinski definition) is 1. The van der Waals surface area contributed by atoms with Crippen molar-refractivity contribution in [3.63, 3.8) is 0 Å². The average Bonchev–Trinajstić information content (AvgIpc) is 2.69. The van der Waals surface area contributed by atoms with Crippen molar-refractivity contribution >= 4 is 17.5 Å². The minimum absolute atomic E-state index is 0.00211.